The van der Waals surface area contributed by atoms with Crippen molar-refractivity contribution in [2.45, 2.75) is 31.6 Å². The predicted octanol–water partition coefficient (Wildman–Crippen LogP) is 3.23. The number of ketones is 1. The van der Waals surface area contributed by atoms with E-state index in [4.69, 9.17) is 0 Å². The number of rotatable bonds is 6. The van der Waals surface area contributed by atoms with Gasteiger partial charge in [0, 0.05) is 31.3 Å². The normalized spacial score (nSPS) is 16.0. The third-order valence-electron chi connectivity index (χ3n) is 5.16. The first kappa shape index (κ1) is 17.6. The van der Waals surface area contributed by atoms with E-state index in [1.54, 1.807) is 17.7 Å². The summed E-state index contributed by atoms with van der Waals surface area (Å²) < 4.78 is 1.61. The molecule has 1 aliphatic rings. The van der Waals surface area contributed by atoms with E-state index in [9.17, 15) is 9.59 Å². The minimum Gasteiger partial charge on any atom is -0.319 e. The van der Waals surface area contributed by atoms with Gasteiger partial charge in [0.05, 0.1) is 0 Å². The Morgan fingerprint density at radius 1 is 1.12 bits per heavy atom. The summed E-state index contributed by atoms with van der Waals surface area (Å²) in [5, 5.41) is 0. The standard InChI is InChI=1S/C21H26N2O2/c1-22-13-9-19(16-21(22)25)17-10-14-23(15-11-17)12-5-8-20(24)18-6-3-2-4-7-18/h2-4,6-7,9,13,16-17H,5,8,10-12,14-15H2,1H3. The molecule has 1 aromatic heterocycles. The number of aryl methyl sites for hydroxylation is 1. The molecule has 4 heteroatoms. The second-order valence-corrected chi connectivity index (χ2v) is 6.92. The van der Waals surface area contributed by atoms with Gasteiger partial charge in [-0.3, -0.25) is 9.59 Å². The zero-order chi connectivity index (χ0) is 17.6. The molecule has 1 saturated heterocycles. The van der Waals surface area contributed by atoms with Crippen LogP contribution in [-0.4, -0.2) is 34.9 Å². The number of benzene rings is 1. The van der Waals surface area contributed by atoms with Gasteiger partial charge in [-0.25, -0.2) is 0 Å². The number of hydrogen-bond donors (Lipinski definition) is 0. The van der Waals surface area contributed by atoms with Crippen LogP contribution < -0.4 is 5.56 Å². The topological polar surface area (TPSA) is 42.3 Å². The predicted molar refractivity (Wildman–Crippen MR) is 100 cm³/mol. The van der Waals surface area contributed by atoms with Crippen LogP contribution in [0.4, 0.5) is 0 Å². The molecule has 3 rings (SSSR count). The number of aromatic nitrogens is 1. The van der Waals surface area contributed by atoms with E-state index in [-0.39, 0.29) is 11.3 Å². The van der Waals surface area contributed by atoms with Gasteiger partial charge in [-0.15, -0.1) is 0 Å². The largest absolute Gasteiger partial charge is 0.319 e. The van der Waals surface area contributed by atoms with E-state index in [1.807, 2.05) is 36.5 Å². The molecule has 1 fully saturated rings. The molecule has 1 aromatic carbocycles. The van der Waals surface area contributed by atoms with Crippen LogP contribution in [0.3, 0.4) is 0 Å². The Morgan fingerprint density at radius 3 is 2.52 bits per heavy atom. The van der Waals surface area contributed by atoms with Crippen LogP contribution in [-0.2, 0) is 7.05 Å². The molecule has 0 unspecified atom stereocenters. The fraction of sp³-hybridized carbons (Fsp3) is 0.429. The molecule has 0 N–H and O–H groups in total. The number of Topliss-reactive ketones (excluding diaryl/α,β-unsaturated/α-hetero) is 1. The highest BCUT2D eigenvalue weighted by Gasteiger charge is 2.21. The van der Waals surface area contributed by atoms with Gasteiger partial charge in [0.1, 0.15) is 0 Å². The van der Waals surface area contributed by atoms with Crippen molar-refractivity contribution < 1.29 is 4.79 Å². The van der Waals surface area contributed by atoms with Crippen molar-refractivity contribution in [2.24, 2.45) is 7.05 Å². The van der Waals surface area contributed by atoms with Crippen LogP contribution in [0.5, 0.6) is 0 Å². The van der Waals surface area contributed by atoms with E-state index in [1.165, 1.54) is 5.56 Å². The van der Waals surface area contributed by atoms with Crippen molar-refractivity contribution in [1.82, 2.24) is 9.47 Å². The van der Waals surface area contributed by atoms with Gasteiger partial charge in [-0.05, 0) is 56.4 Å². The number of piperidine rings is 1. The van der Waals surface area contributed by atoms with E-state index in [0.717, 1.165) is 44.5 Å². The first-order chi connectivity index (χ1) is 12.1. The summed E-state index contributed by atoms with van der Waals surface area (Å²) in [4.78, 5) is 26.4. The molecular formula is C21H26N2O2. The van der Waals surface area contributed by atoms with E-state index >= 15 is 0 Å². The van der Waals surface area contributed by atoms with Crippen LogP contribution in [0, 0.1) is 0 Å². The molecular weight excluding hydrogens is 312 g/mol. The molecule has 0 bridgehead atoms. The van der Waals surface area contributed by atoms with Crippen LogP contribution in [0.2, 0.25) is 0 Å². The average Bonchev–Trinajstić information content (AvgIpc) is 2.65. The Balaban J connectivity index is 1.43. The maximum atomic E-state index is 12.1. The molecule has 0 amide bonds. The van der Waals surface area contributed by atoms with Gasteiger partial charge in [0.25, 0.3) is 5.56 Å². The van der Waals surface area contributed by atoms with E-state index in [2.05, 4.69) is 11.0 Å². The molecule has 0 saturated carbocycles. The highest BCUT2D eigenvalue weighted by atomic mass is 16.1. The summed E-state index contributed by atoms with van der Waals surface area (Å²) in [6.45, 7) is 3.06. The zero-order valence-electron chi connectivity index (χ0n) is 14.9. The lowest BCUT2D eigenvalue weighted by atomic mass is 9.90. The Bertz CT molecular complexity index is 759. The highest BCUT2D eigenvalue weighted by Crippen LogP contribution is 2.27. The summed E-state index contributed by atoms with van der Waals surface area (Å²) in [5.41, 5.74) is 2.05. The maximum Gasteiger partial charge on any atom is 0.250 e. The lowest BCUT2D eigenvalue weighted by Gasteiger charge is -2.32. The smallest absolute Gasteiger partial charge is 0.250 e. The minimum atomic E-state index is 0.0688. The molecule has 0 aliphatic carbocycles. The average molecular weight is 338 g/mol. The van der Waals surface area contributed by atoms with Gasteiger partial charge >= 0.3 is 0 Å². The van der Waals surface area contributed by atoms with Gasteiger partial charge in [0.2, 0.25) is 0 Å². The molecule has 0 atom stereocenters. The first-order valence-electron chi connectivity index (χ1n) is 9.10. The van der Waals surface area contributed by atoms with Crippen molar-refractivity contribution in [3.63, 3.8) is 0 Å². The number of hydrogen-bond acceptors (Lipinski definition) is 3. The second kappa shape index (κ2) is 8.26. The summed E-state index contributed by atoms with van der Waals surface area (Å²) in [5.74, 6) is 0.715. The van der Waals surface area contributed by atoms with Crippen molar-refractivity contribution in [1.29, 1.82) is 0 Å². The van der Waals surface area contributed by atoms with E-state index in [0.29, 0.717) is 12.3 Å². The van der Waals surface area contributed by atoms with E-state index < -0.39 is 0 Å². The van der Waals surface area contributed by atoms with Crippen LogP contribution >= 0.6 is 0 Å². The van der Waals surface area contributed by atoms with Gasteiger partial charge < -0.3 is 9.47 Å². The van der Waals surface area contributed by atoms with Crippen molar-refractivity contribution in [2.75, 3.05) is 19.6 Å². The lowest BCUT2D eigenvalue weighted by Crippen LogP contribution is -2.34. The molecule has 0 spiro atoms. The summed E-state index contributed by atoms with van der Waals surface area (Å²) >= 11 is 0. The number of likely N-dealkylation sites (tertiary alicyclic amines) is 1. The van der Waals surface area contributed by atoms with Gasteiger partial charge in [0.15, 0.2) is 5.78 Å². The molecule has 1 aliphatic heterocycles. The molecule has 2 aromatic rings. The monoisotopic (exact) mass is 338 g/mol. The summed E-state index contributed by atoms with van der Waals surface area (Å²) in [7, 11) is 1.78. The van der Waals surface area contributed by atoms with Crippen LogP contribution in [0.1, 0.15) is 47.5 Å². The van der Waals surface area contributed by atoms with Crippen LogP contribution in [0.15, 0.2) is 53.5 Å². The quantitative estimate of drug-likeness (QED) is 0.760. The summed E-state index contributed by atoms with van der Waals surface area (Å²) in [6, 6.07) is 13.4. The number of carbonyl (C=O) groups is 1. The first-order valence-corrected chi connectivity index (χ1v) is 9.10. The fourth-order valence-corrected chi connectivity index (χ4v) is 3.54. The number of nitrogens with zero attached hydrogens (tertiary/aromatic N) is 2. The highest BCUT2D eigenvalue weighted by molar-refractivity contribution is 5.95. The zero-order valence-corrected chi connectivity index (χ0v) is 14.9. The van der Waals surface area contributed by atoms with Gasteiger partial charge in [-0.2, -0.15) is 0 Å². The maximum absolute atomic E-state index is 12.1. The molecule has 25 heavy (non-hydrogen) atoms. The fourth-order valence-electron chi connectivity index (χ4n) is 3.54. The number of pyridine rings is 1. The third-order valence-corrected chi connectivity index (χ3v) is 5.16. The lowest BCUT2D eigenvalue weighted by molar-refractivity contribution is 0.0972. The second-order valence-electron chi connectivity index (χ2n) is 6.92. The van der Waals surface area contributed by atoms with Crippen molar-refractivity contribution in [3.05, 3.63) is 70.1 Å². The van der Waals surface area contributed by atoms with Crippen molar-refractivity contribution >= 4 is 5.78 Å². The molecule has 0 radical (unpaired) electrons. The third kappa shape index (κ3) is 4.67. The molecule has 2 heterocycles. The van der Waals surface area contributed by atoms with Gasteiger partial charge in [-0.1, -0.05) is 30.3 Å². The Labute approximate surface area is 149 Å². The molecule has 4 nitrogen and oxygen atoms in total. The Hall–Kier alpha value is -2.20. The Kier molecular flexibility index (Phi) is 5.82. The minimum absolute atomic E-state index is 0.0688. The Morgan fingerprint density at radius 2 is 1.84 bits per heavy atom. The summed E-state index contributed by atoms with van der Waals surface area (Å²) in [6.07, 6.45) is 5.54. The molecule has 132 valence electrons. The SMILES string of the molecule is Cn1ccc(C2CCN(CCCC(=O)c3ccccc3)CC2)cc1=O. The van der Waals surface area contributed by atoms with Crippen LogP contribution in [0.25, 0.3) is 0 Å². The number of carbonyl (C=O) groups excluding carboxylic acids is 1. The van der Waals surface area contributed by atoms with Crippen molar-refractivity contribution in [3.8, 4) is 0 Å².